The van der Waals surface area contributed by atoms with E-state index in [0.29, 0.717) is 0 Å². The molecule has 0 unspecified atom stereocenters. The third kappa shape index (κ3) is 3.52. The minimum atomic E-state index is 0.728. The van der Waals surface area contributed by atoms with E-state index < -0.39 is 0 Å². The monoisotopic (exact) mass is 285 g/mol. The summed E-state index contributed by atoms with van der Waals surface area (Å²) in [6.07, 6.45) is 7.72. The Bertz CT molecular complexity index is 591. The van der Waals surface area contributed by atoms with Gasteiger partial charge in [-0.2, -0.15) is 0 Å². The number of methoxy groups -OCH3 is 1. The van der Waals surface area contributed by atoms with Crippen molar-refractivity contribution in [1.29, 1.82) is 0 Å². The van der Waals surface area contributed by atoms with Gasteiger partial charge >= 0.3 is 0 Å². The Hall–Kier alpha value is -1.65. The van der Waals surface area contributed by atoms with Gasteiger partial charge in [-0.15, -0.1) is 0 Å². The maximum absolute atomic E-state index is 5.04. The van der Waals surface area contributed by atoms with E-state index in [-0.39, 0.29) is 0 Å². The molecule has 0 atom stereocenters. The smallest absolute Gasteiger partial charge is 0.122 e. The SMILES string of the molecule is COCCNCc1nccn1Cc1ccc2c(c1)CCC2. The molecule has 0 spiro atoms. The predicted octanol–water partition coefficient (Wildman–Crippen LogP) is 2.16. The molecule has 1 aromatic heterocycles. The lowest BCUT2D eigenvalue weighted by Gasteiger charge is -2.10. The van der Waals surface area contributed by atoms with Crippen LogP contribution in [0.2, 0.25) is 0 Å². The third-order valence-electron chi connectivity index (χ3n) is 4.08. The van der Waals surface area contributed by atoms with E-state index in [1.165, 1.54) is 36.0 Å². The molecule has 1 aliphatic carbocycles. The van der Waals surface area contributed by atoms with E-state index in [1.807, 2.05) is 6.20 Å². The number of fused-ring (bicyclic) bond motifs is 1. The molecule has 1 aliphatic rings. The maximum Gasteiger partial charge on any atom is 0.122 e. The van der Waals surface area contributed by atoms with E-state index in [1.54, 1.807) is 7.11 Å². The number of aromatic nitrogens is 2. The van der Waals surface area contributed by atoms with Crippen molar-refractivity contribution in [1.82, 2.24) is 14.9 Å². The lowest BCUT2D eigenvalue weighted by Crippen LogP contribution is -2.21. The van der Waals surface area contributed by atoms with Gasteiger partial charge < -0.3 is 14.6 Å². The van der Waals surface area contributed by atoms with Crippen molar-refractivity contribution in [2.75, 3.05) is 20.3 Å². The summed E-state index contributed by atoms with van der Waals surface area (Å²) in [7, 11) is 1.72. The second kappa shape index (κ2) is 6.87. The molecule has 0 fully saturated rings. The molecule has 4 nitrogen and oxygen atoms in total. The quantitative estimate of drug-likeness (QED) is 0.792. The highest BCUT2D eigenvalue weighted by molar-refractivity contribution is 5.35. The van der Waals surface area contributed by atoms with Crippen molar-refractivity contribution < 1.29 is 4.74 Å². The summed E-state index contributed by atoms with van der Waals surface area (Å²) in [5.41, 5.74) is 4.44. The van der Waals surface area contributed by atoms with Crippen LogP contribution in [0.25, 0.3) is 0 Å². The molecule has 3 rings (SSSR count). The molecule has 1 aromatic carbocycles. The number of nitrogens with one attached hydrogen (secondary N) is 1. The predicted molar refractivity (Wildman–Crippen MR) is 83.4 cm³/mol. The van der Waals surface area contributed by atoms with Crippen LogP contribution in [0.1, 0.15) is 28.9 Å². The summed E-state index contributed by atoms with van der Waals surface area (Å²) in [5, 5.41) is 3.35. The number of hydrogen-bond acceptors (Lipinski definition) is 3. The molecule has 2 aromatic rings. The van der Waals surface area contributed by atoms with Gasteiger partial charge in [-0.05, 0) is 36.0 Å². The number of imidazole rings is 1. The Morgan fingerprint density at radius 1 is 1.29 bits per heavy atom. The van der Waals surface area contributed by atoms with Crippen LogP contribution in [0.3, 0.4) is 0 Å². The van der Waals surface area contributed by atoms with E-state index in [0.717, 1.165) is 32.1 Å². The summed E-state index contributed by atoms with van der Waals surface area (Å²) in [6, 6.07) is 6.92. The topological polar surface area (TPSA) is 39.1 Å². The van der Waals surface area contributed by atoms with Crippen LogP contribution in [-0.4, -0.2) is 29.8 Å². The van der Waals surface area contributed by atoms with Gasteiger partial charge in [0.2, 0.25) is 0 Å². The highest BCUT2D eigenvalue weighted by Gasteiger charge is 2.11. The van der Waals surface area contributed by atoms with E-state index in [2.05, 4.69) is 39.3 Å². The molecule has 4 heteroatoms. The van der Waals surface area contributed by atoms with Gasteiger partial charge in [0.25, 0.3) is 0 Å². The van der Waals surface area contributed by atoms with Crippen molar-refractivity contribution in [3.05, 3.63) is 53.1 Å². The van der Waals surface area contributed by atoms with Gasteiger partial charge in [-0.1, -0.05) is 18.2 Å². The Morgan fingerprint density at radius 2 is 2.19 bits per heavy atom. The van der Waals surface area contributed by atoms with Gasteiger partial charge in [-0.3, -0.25) is 0 Å². The Kier molecular flexibility index (Phi) is 4.68. The van der Waals surface area contributed by atoms with Gasteiger partial charge in [0.05, 0.1) is 13.2 Å². The molecule has 0 saturated heterocycles. The average Bonchev–Trinajstić information content (AvgIpc) is 3.12. The van der Waals surface area contributed by atoms with Crippen LogP contribution >= 0.6 is 0 Å². The highest BCUT2D eigenvalue weighted by Crippen LogP contribution is 2.23. The first-order valence-corrected chi connectivity index (χ1v) is 7.67. The number of ether oxygens (including phenoxy) is 1. The molecule has 0 amide bonds. The molecule has 112 valence electrons. The van der Waals surface area contributed by atoms with Crippen LogP contribution in [0.5, 0.6) is 0 Å². The van der Waals surface area contributed by atoms with Crippen molar-refractivity contribution in [3.63, 3.8) is 0 Å². The zero-order chi connectivity index (χ0) is 14.5. The lowest BCUT2D eigenvalue weighted by molar-refractivity contribution is 0.199. The summed E-state index contributed by atoms with van der Waals surface area (Å²) in [6.45, 7) is 3.25. The van der Waals surface area contributed by atoms with E-state index in [9.17, 15) is 0 Å². The first-order valence-electron chi connectivity index (χ1n) is 7.67. The van der Waals surface area contributed by atoms with Crippen molar-refractivity contribution in [2.24, 2.45) is 0 Å². The Balaban J connectivity index is 1.64. The van der Waals surface area contributed by atoms with Crippen LogP contribution < -0.4 is 5.32 Å². The average molecular weight is 285 g/mol. The van der Waals surface area contributed by atoms with Gasteiger partial charge in [-0.25, -0.2) is 4.98 Å². The summed E-state index contributed by atoms with van der Waals surface area (Å²) in [5.74, 6) is 1.08. The zero-order valence-corrected chi connectivity index (χ0v) is 12.6. The number of rotatable bonds is 7. The normalized spacial score (nSPS) is 13.6. The van der Waals surface area contributed by atoms with Crippen molar-refractivity contribution in [2.45, 2.75) is 32.4 Å². The van der Waals surface area contributed by atoms with Crippen molar-refractivity contribution >= 4 is 0 Å². The van der Waals surface area contributed by atoms with Crippen LogP contribution in [0, 0.1) is 0 Å². The summed E-state index contributed by atoms with van der Waals surface area (Å²) >= 11 is 0. The minimum absolute atomic E-state index is 0.728. The highest BCUT2D eigenvalue weighted by atomic mass is 16.5. The Labute approximate surface area is 126 Å². The fourth-order valence-corrected chi connectivity index (χ4v) is 2.95. The first-order chi connectivity index (χ1) is 10.4. The summed E-state index contributed by atoms with van der Waals surface area (Å²) < 4.78 is 7.26. The van der Waals surface area contributed by atoms with Gasteiger partial charge in [0.1, 0.15) is 5.82 Å². The molecular formula is C17H23N3O. The molecule has 21 heavy (non-hydrogen) atoms. The minimum Gasteiger partial charge on any atom is -0.383 e. The van der Waals surface area contributed by atoms with Gasteiger partial charge in [0.15, 0.2) is 0 Å². The standard InChI is InChI=1S/C17H23N3O/c1-21-10-8-18-12-17-19-7-9-20(17)13-14-5-6-15-3-2-4-16(15)11-14/h5-7,9,11,18H,2-4,8,10,12-13H2,1H3. The largest absolute Gasteiger partial charge is 0.383 e. The van der Waals surface area contributed by atoms with Gasteiger partial charge in [0, 0.05) is 32.6 Å². The number of aryl methyl sites for hydroxylation is 2. The maximum atomic E-state index is 5.04. The van der Waals surface area contributed by atoms with Crippen LogP contribution in [-0.2, 0) is 30.7 Å². The molecule has 0 radical (unpaired) electrons. The first kappa shape index (κ1) is 14.3. The second-order valence-electron chi connectivity index (χ2n) is 5.60. The Morgan fingerprint density at radius 3 is 3.10 bits per heavy atom. The molecular weight excluding hydrogens is 262 g/mol. The van der Waals surface area contributed by atoms with E-state index >= 15 is 0 Å². The fourth-order valence-electron chi connectivity index (χ4n) is 2.95. The molecule has 0 saturated carbocycles. The molecule has 1 heterocycles. The van der Waals surface area contributed by atoms with Crippen LogP contribution in [0.15, 0.2) is 30.6 Å². The number of nitrogens with zero attached hydrogens (tertiary/aromatic N) is 2. The second-order valence-corrected chi connectivity index (χ2v) is 5.60. The van der Waals surface area contributed by atoms with Crippen molar-refractivity contribution in [3.8, 4) is 0 Å². The van der Waals surface area contributed by atoms with E-state index in [4.69, 9.17) is 4.74 Å². The lowest BCUT2D eigenvalue weighted by atomic mass is 10.1. The van der Waals surface area contributed by atoms with Crippen LogP contribution in [0.4, 0.5) is 0 Å². The third-order valence-corrected chi connectivity index (χ3v) is 4.08. The molecule has 0 bridgehead atoms. The summed E-state index contributed by atoms with van der Waals surface area (Å²) in [4.78, 5) is 4.44. The number of benzene rings is 1. The fraction of sp³-hybridized carbons (Fsp3) is 0.471. The number of hydrogen-bond donors (Lipinski definition) is 1. The molecule has 0 aliphatic heterocycles. The zero-order valence-electron chi connectivity index (χ0n) is 12.6. The molecule has 1 N–H and O–H groups in total.